The fraction of sp³-hybridized carbons (Fsp3) is 0.438. The molecule has 1 saturated carbocycles. The smallest absolute Gasteiger partial charge is 0.230 e. The second kappa shape index (κ2) is 5.68. The summed E-state index contributed by atoms with van der Waals surface area (Å²) in [6.45, 7) is 0. The highest BCUT2D eigenvalue weighted by atomic mass is 15.3. The Kier molecular flexibility index (Phi) is 3.73. The van der Waals surface area contributed by atoms with Crippen LogP contribution in [0.5, 0.6) is 0 Å². The average Bonchev–Trinajstić information content (AvgIpc) is 2.45. The van der Waals surface area contributed by atoms with Crippen molar-refractivity contribution < 1.29 is 0 Å². The molecule has 0 spiro atoms. The van der Waals surface area contributed by atoms with E-state index >= 15 is 0 Å². The van der Waals surface area contributed by atoms with Gasteiger partial charge in [0.25, 0.3) is 0 Å². The van der Waals surface area contributed by atoms with Crippen molar-refractivity contribution in [3.63, 3.8) is 0 Å². The second-order valence-corrected chi connectivity index (χ2v) is 5.68. The fourth-order valence-corrected chi connectivity index (χ4v) is 2.48. The van der Waals surface area contributed by atoms with Crippen LogP contribution in [-0.2, 0) is 0 Å². The highest BCUT2D eigenvalue weighted by Gasteiger charge is 2.20. The Bertz CT molecular complexity index is 634. The van der Waals surface area contributed by atoms with Crippen LogP contribution in [0.1, 0.15) is 30.7 Å². The van der Waals surface area contributed by atoms with Gasteiger partial charge in [-0.05, 0) is 30.4 Å². The first-order valence-electron chi connectivity index (χ1n) is 7.39. The summed E-state index contributed by atoms with van der Waals surface area (Å²) in [5.74, 6) is 2.69. The predicted molar refractivity (Wildman–Crippen MR) is 85.7 cm³/mol. The molecular weight excluding hydrogens is 262 g/mol. The molecule has 0 amide bonds. The third-order valence-electron chi connectivity index (χ3n) is 3.97. The summed E-state index contributed by atoms with van der Waals surface area (Å²) in [6.07, 6.45) is 3.94. The van der Waals surface area contributed by atoms with Gasteiger partial charge in [-0.15, -0.1) is 0 Å². The predicted octanol–water partition coefficient (Wildman–Crippen LogP) is 2.91. The zero-order valence-electron chi connectivity index (χ0n) is 12.8. The normalized spacial score (nSPS) is 14.6. The first-order chi connectivity index (χ1) is 10.2. The highest BCUT2D eigenvalue weighted by molar-refractivity contribution is 5.59. The quantitative estimate of drug-likeness (QED) is 0.935. The molecule has 1 aliphatic rings. The topological polar surface area (TPSA) is 53.9 Å². The summed E-state index contributed by atoms with van der Waals surface area (Å²) in [4.78, 5) is 15.3. The molecule has 5 heteroatoms. The number of anilines is 2. The fourth-order valence-electron chi connectivity index (χ4n) is 2.48. The van der Waals surface area contributed by atoms with E-state index in [0.717, 1.165) is 11.4 Å². The maximum Gasteiger partial charge on any atom is 0.230 e. The first kappa shape index (κ1) is 13.8. The lowest BCUT2D eigenvalue weighted by atomic mass is 9.80. The standard InChI is InChI=1S/C16H21N5/c1-17-15-18-14(19-16(20-15)21(2)3)13-9-5-8-12(10-13)11-6-4-7-11/h5,8-11H,4,6-7H2,1-3H3,(H,17,18,19,20). The zero-order chi connectivity index (χ0) is 14.8. The van der Waals surface area contributed by atoms with Crippen LogP contribution in [-0.4, -0.2) is 36.1 Å². The minimum Gasteiger partial charge on any atom is -0.357 e. The lowest BCUT2D eigenvalue weighted by molar-refractivity contribution is 0.420. The van der Waals surface area contributed by atoms with Crippen molar-refractivity contribution in [1.82, 2.24) is 15.0 Å². The largest absolute Gasteiger partial charge is 0.357 e. The van der Waals surface area contributed by atoms with Crippen molar-refractivity contribution in [2.75, 3.05) is 31.4 Å². The lowest BCUT2D eigenvalue weighted by Crippen LogP contribution is -2.15. The molecule has 0 atom stereocenters. The van der Waals surface area contributed by atoms with E-state index in [1.807, 2.05) is 26.0 Å². The van der Waals surface area contributed by atoms with Gasteiger partial charge in [0.05, 0.1) is 0 Å². The van der Waals surface area contributed by atoms with Gasteiger partial charge in [-0.25, -0.2) is 0 Å². The van der Waals surface area contributed by atoms with E-state index in [1.54, 1.807) is 0 Å². The zero-order valence-corrected chi connectivity index (χ0v) is 12.8. The van der Waals surface area contributed by atoms with Crippen LogP contribution < -0.4 is 10.2 Å². The summed E-state index contributed by atoms with van der Waals surface area (Å²) in [6, 6.07) is 8.59. The van der Waals surface area contributed by atoms with E-state index < -0.39 is 0 Å². The van der Waals surface area contributed by atoms with Crippen LogP contribution in [0, 0.1) is 0 Å². The molecule has 1 aliphatic carbocycles. The third kappa shape index (κ3) is 2.82. The van der Waals surface area contributed by atoms with E-state index in [4.69, 9.17) is 0 Å². The van der Waals surface area contributed by atoms with Gasteiger partial charge in [0, 0.05) is 26.7 Å². The van der Waals surface area contributed by atoms with Crippen LogP contribution in [0.15, 0.2) is 24.3 Å². The van der Waals surface area contributed by atoms with E-state index in [1.165, 1.54) is 24.8 Å². The van der Waals surface area contributed by atoms with Crippen molar-refractivity contribution in [2.45, 2.75) is 25.2 Å². The second-order valence-electron chi connectivity index (χ2n) is 5.68. The Morgan fingerprint density at radius 1 is 1.14 bits per heavy atom. The minimum atomic E-state index is 0.595. The Morgan fingerprint density at radius 2 is 1.95 bits per heavy atom. The van der Waals surface area contributed by atoms with Gasteiger partial charge in [-0.1, -0.05) is 24.6 Å². The SMILES string of the molecule is CNc1nc(-c2cccc(C3CCC3)c2)nc(N(C)C)n1. The number of aromatic nitrogens is 3. The van der Waals surface area contributed by atoms with Crippen LogP contribution >= 0.6 is 0 Å². The Morgan fingerprint density at radius 3 is 2.57 bits per heavy atom. The molecule has 0 unspecified atom stereocenters. The van der Waals surface area contributed by atoms with E-state index in [9.17, 15) is 0 Å². The molecule has 110 valence electrons. The summed E-state index contributed by atoms with van der Waals surface area (Å²) in [7, 11) is 5.69. The Labute approximate surface area is 125 Å². The first-order valence-corrected chi connectivity index (χ1v) is 7.39. The van der Waals surface area contributed by atoms with Crippen molar-refractivity contribution >= 4 is 11.9 Å². The van der Waals surface area contributed by atoms with Gasteiger partial charge >= 0.3 is 0 Å². The van der Waals surface area contributed by atoms with E-state index in [2.05, 4.69) is 44.5 Å². The van der Waals surface area contributed by atoms with E-state index in [-0.39, 0.29) is 0 Å². The van der Waals surface area contributed by atoms with Gasteiger partial charge < -0.3 is 10.2 Å². The average molecular weight is 283 g/mol. The molecule has 0 saturated heterocycles. The monoisotopic (exact) mass is 283 g/mol. The number of rotatable bonds is 4. The Hall–Kier alpha value is -2.17. The number of benzene rings is 1. The van der Waals surface area contributed by atoms with Gasteiger partial charge in [-0.3, -0.25) is 0 Å². The number of nitrogens with one attached hydrogen (secondary N) is 1. The number of nitrogens with zero attached hydrogens (tertiary/aromatic N) is 4. The molecule has 1 aromatic heterocycles. The summed E-state index contributed by atoms with van der Waals surface area (Å²) in [5, 5.41) is 3.00. The van der Waals surface area contributed by atoms with Gasteiger partial charge in [-0.2, -0.15) is 15.0 Å². The molecule has 21 heavy (non-hydrogen) atoms. The Balaban J connectivity index is 2.00. The van der Waals surface area contributed by atoms with Gasteiger partial charge in [0.1, 0.15) is 0 Å². The molecule has 3 rings (SSSR count). The van der Waals surface area contributed by atoms with Crippen molar-refractivity contribution in [1.29, 1.82) is 0 Å². The molecule has 0 bridgehead atoms. The lowest BCUT2D eigenvalue weighted by Gasteiger charge is -2.26. The molecule has 2 aromatic rings. The van der Waals surface area contributed by atoms with Crippen LogP contribution in [0.4, 0.5) is 11.9 Å². The molecule has 1 aromatic carbocycles. The van der Waals surface area contributed by atoms with E-state index in [0.29, 0.717) is 17.8 Å². The summed E-state index contributed by atoms with van der Waals surface area (Å²) in [5.41, 5.74) is 2.46. The molecule has 1 heterocycles. The van der Waals surface area contributed by atoms with Gasteiger partial charge in [0.2, 0.25) is 11.9 Å². The van der Waals surface area contributed by atoms with Crippen LogP contribution in [0.3, 0.4) is 0 Å². The summed E-state index contributed by atoms with van der Waals surface area (Å²) >= 11 is 0. The van der Waals surface area contributed by atoms with Crippen molar-refractivity contribution in [3.8, 4) is 11.4 Å². The van der Waals surface area contributed by atoms with Crippen LogP contribution in [0.25, 0.3) is 11.4 Å². The molecule has 1 N–H and O–H groups in total. The molecule has 1 fully saturated rings. The maximum atomic E-state index is 4.56. The molecule has 5 nitrogen and oxygen atoms in total. The summed E-state index contributed by atoms with van der Waals surface area (Å²) < 4.78 is 0. The van der Waals surface area contributed by atoms with Gasteiger partial charge in [0.15, 0.2) is 5.82 Å². The number of hydrogen-bond donors (Lipinski definition) is 1. The van der Waals surface area contributed by atoms with Crippen LogP contribution in [0.2, 0.25) is 0 Å². The molecule has 0 aliphatic heterocycles. The number of hydrogen-bond acceptors (Lipinski definition) is 5. The highest BCUT2D eigenvalue weighted by Crippen LogP contribution is 2.37. The molecular formula is C16H21N5. The van der Waals surface area contributed by atoms with Crippen molar-refractivity contribution in [2.24, 2.45) is 0 Å². The third-order valence-corrected chi connectivity index (χ3v) is 3.97. The molecule has 0 radical (unpaired) electrons. The van der Waals surface area contributed by atoms with Crippen molar-refractivity contribution in [3.05, 3.63) is 29.8 Å². The maximum absolute atomic E-state index is 4.56. The minimum absolute atomic E-state index is 0.595.